The van der Waals surface area contributed by atoms with Crippen molar-refractivity contribution in [3.05, 3.63) is 21.7 Å². The largest absolute Gasteiger partial charge is 0.381 e. The van der Waals surface area contributed by atoms with E-state index in [1.807, 2.05) is 11.8 Å². The Morgan fingerprint density at radius 2 is 2.40 bits per heavy atom. The van der Waals surface area contributed by atoms with Crippen LogP contribution in [0, 0.1) is 4.64 Å². The molecule has 3 rings (SSSR count). The van der Waals surface area contributed by atoms with Gasteiger partial charge in [0.1, 0.15) is 10.5 Å². The average molecular weight is 240 g/mol. The number of hydrogen-bond acceptors (Lipinski definition) is 4. The highest BCUT2D eigenvalue weighted by Gasteiger charge is 2.22. The van der Waals surface area contributed by atoms with E-state index >= 15 is 0 Å². The van der Waals surface area contributed by atoms with Crippen LogP contribution in [-0.4, -0.2) is 23.2 Å². The Labute approximate surface area is 97.6 Å². The van der Waals surface area contributed by atoms with Crippen molar-refractivity contribution >= 4 is 24.0 Å². The van der Waals surface area contributed by atoms with Crippen LogP contribution in [0.4, 0.5) is 0 Å². The molecular weight excluding hydrogens is 228 g/mol. The summed E-state index contributed by atoms with van der Waals surface area (Å²) in [6.45, 7) is 1.63. The van der Waals surface area contributed by atoms with Gasteiger partial charge in [-0.25, -0.2) is 4.98 Å². The first-order valence-electron chi connectivity index (χ1n) is 5.12. The van der Waals surface area contributed by atoms with E-state index in [1.165, 1.54) is 11.3 Å². The molecule has 1 aromatic rings. The van der Waals surface area contributed by atoms with E-state index in [2.05, 4.69) is 9.97 Å². The highest BCUT2D eigenvalue weighted by molar-refractivity contribution is 7.98. The van der Waals surface area contributed by atoms with Crippen molar-refractivity contribution in [1.29, 1.82) is 0 Å². The molecule has 80 valence electrons. The van der Waals surface area contributed by atoms with Gasteiger partial charge in [-0.1, -0.05) is 12.2 Å². The lowest BCUT2D eigenvalue weighted by atomic mass is 10.1. The minimum Gasteiger partial charge on any atom is -0.381 e. The number of nitrogens with zero attached hydrogens (tertiary/aromatic N) is 1. The molecule has 3 heterocycles. The third-order valence-corrected chi connectivity index (χ3v) is 4.26. The van der Waals surface area contributed by atoms with E-state index in [1.54, 1.807) is 0 Å². The third-order valence-electron chi connectivity index (χ3n) is 2.93. The molecule has 1 atom stereocenters. The molecule has 0 aromatic carbocycles. The van der Waals surface area contributed by atoms with Crippen LogP contribution >= 0.6 is 24.0 Å². The molecule has 5 heteroatoms. The first-order valence-corrected chi connectivity index (χ1v) is 6.68. The number of aromatic amines is 1. The van der Waals surface area contributed by atoms with Gasteiger partial charge in [-0.2, -0.15) is 11.8 Å². The summed E-state index contributed by atoms with van der Waals surface area (Å²) in [6, 6.07) is 0. The molecule has 1 unspecified atom stereocenters. The van der Waals surface area contributed by atoms with E-state index in [0.29, 0.717) is 5.92 Å². The van der Waals surface area contributed by atoms with E-state index in [0.717, 1.165) is 41.6 Å². The van der Waals surface area contributed by atoms with Crippen LogP contribution in [-0.2, 0) is 16.2 Å². The standard InChI is InChI=1S/C10H12N2OS2/c14-10-7-4-15-5-8(7)11-9(12-10)6-1-2-13-3-6/h6H,1-5H2,(H,11,12,14). The Kier molecular flexibility index (Phi) is 2.54. The minimum absolute atomic E-state index is 0.419. The second-order valence-electron chi connectivity index (χ2n) is 3.94. The second-order valence-corrected chi connectivity index (χ2v) is 5.31. The van der Waals surface area contributed by atoms with Crippen molar-refractivity contribution in [2.24, 2.45) is 0 Å². The fraction of sp³-hybridized carbons (Fsp3) is 0.600. The van der Waals surface area contributed by atoms with Crippen molar-refractivity contribution in [2.45, 2.75) is 23.8 Å². The quantitative estimate of drug-likeness (QED) is 0.765. The van der Waals surface area contributed by atoms with E-state index in [9.17, 15) is 0 Å². The minimum atomic E-state index is 0.419. The van der Waals surface area contributed by atoms with Crippen LogP contribution in [0.1, 0.15) is 29.4 Å². The molecule has 0 spiro atoms. The van der Waals surface area contributed by atoms with Crippen molar-refractivity contribution < 1.29 is 4.74 Å². The van der Waals surface area contributed by atoms with Crippen LogP contribution < -0.4 is 0 Å². The Hall–Kier alpha value is -0.390. The number of fused-ring (bicyclic) bond motifs is 1. The van der Waals surface area contributed by atoms with Gasteiger partial charge in [-0.05, 0) is 6.42 Å². The summed E-state index contributed by atoms with van der Waals surface area (Å²) in [6.07, 6.45) is 1.06. The van der Waals surface area contributed by atoms with Crippen LogP contribution in [0.5, 0.6) is 0 Å². The first-order chi connectivity index (χ1) is 7.34. The number of nitrogens with one attached hydrogen (secondary N) is 1. The summed E-state index contributed by atoms with van der Waals surface area (Å²) in [5.41, 5.74) is 2.51. The Morgan fingerprint density at radius 1 is 1.47 bits per heavy atom. The molecule has 0 radical (unpaired) electrons. The summed E-state index contributed by atoms with van der Waals surface area (Å²) in [7, 11) is 0. The zero-order chi connectivity index (χ0) is 10.3. The van der Waals surface area contributed by atoms with Crippen LogP contribution in [0.25, 0.3) is 0 Å². The van der Waals surface area contributed by atoms with Gasteiger partial charge in [0.2, 0.25) is 0 Å². The van der Waals surface area contributed by atoms with E-state index < -0.39 is 0 Å². The van der Waals surface area contributed by atoms with Crippen LogP contribution in [0.15, 0.2) is 0 Å². The van der Waals surface area contributed by atoms with Crippen molar-refractivity contribution in [3.63, 3.8) is 0 Å². The van der Waals surface area contributed by atoms with Gasteiger partial charge < -0.3 is 9.72 Å². The summed E-state index contributed by atoms with van der Waals surface area (Å²) in [5, 5.41) is 0. The summed E-state index contributed by atoms with van der Waals surface area (Å²) < 4.78 is 6.16. The van der Waals surface area contributed by atoms with Gasteiger partial charge in [0.25, 0.3) is 0 Å². The molecule has 0 aliphatic carbocycles. The van der Waals surface area contributed by atoms with Gasteiger partial charge in [-0.3, -0.25) is 0 Å². The predicted molar refractivity (Wildman–Crippen MR) is 62.6 cm³/mol. The number of thioether (sulfide) groups is 1. The Balaban J connectivity index is 2.03. The first kappa shape index (κ1) is 9.81. The lowest BCUT2D eigenvalue weighted by Gasteiger charge is -2.09. The molecule has 1 saturated heterocycles. The van der Waals surface area contributed by atoms with E-state index in [4.69, 9.17) is 17.0 Å². The Morgan fingerprint density at radius 3 is 3.20 bits per heavy atom. The third kappa shape index (κ3) is 1.73. The highest BCUT2D eigenvalue weighted by Crippen LogP contribution is 2.31. The fourth-order valence-corrected chi connectivity index (χ4v) is 3.49. The van der Waals surface area contributed by atoms with Gasteiger partial charge in [0, 0.05) is 35.3 Å². The van der Waals surface area contributed by atoms with Gasteiger partial charge in [0.05, 0.1) is 6.61 Å². The highest BCUT2D eigenvalue weighted by atomic mass is 32.2. The molecule has 3 nitrogen and oxygen atoms in total. The lowest BCUT2D eigenvalue weighted by molar-refractivity contribution is 0.193. The molecule has 15 heavy (non-hydrogen) atoms. The lowest BCUT2D eigenvalue weighted by Crippen LogP contribution is -2.07. The maximum absolute atomic E-state index is 5.37. The smallest absolute Gasteiger partial charge is 0.134 e. The molecular formula is C10H12N2OS2. The summed E-state index contributed by atoms with van der Waals surface area (Å²) >= 11 is 7.22. The number of rotatable bonds is 1. The number of H-pyrrole nitrogens is 1. The Bertz CT molecular complexity index is 438. The molecule has 1 fully saturated rings. The van der Waals surface area contributed by atoms with Crippen LogP contribution in [0.2, 0.25) is 0 Å². The molecule has 1 aromatic heterocycles. The number of aromatic nitrogens is 2. The predicted octanol–water partition coefficient (Wildman–Crippen LogP) is 2.39. The SMILES string of the molecule is S=c1nc(C2CCOC2)[nH]c2c1CSC2. The van der Waals surface area contributed by atoms with E-state index in [-0.39, 0.29) is 0 Å². The molecule has 1 N–H and O–H groups in total. The van der Waals surface area contributed by atoms with Gasteiger partial charge >= 0.3 is 0 Å². The molecule has 0 saturated carbocycles. The zero-order valence-electron chi connectivity index (χ0n) is 8.28. The number of ether oxygens (including phenoxy) is 1. The number of hydrogen-bond donors (Lipinski definition) is 1. The van der Waals surface area contributed by atoms with Crippen molar-refractivity contribution in [3.8, 4) is 0 Å². The maximum Gasteiger partial charge on any atom is 0.134 e. The fourth-order valence-electron chi connectivity index (χ4n) is 2.03. The monoisotopic (exact) mass is 240 g/mol. The normalized spacial score (nSPS) is 24.4. The van der Waals surface area contributed by atoms with Gasteiger partial charge in [0.15, 0.2) is 0 Å². The summed E-state index contributed by atoms with van der Waals surface area (Å²) in [5.74, 6) is 3.50. The summed E-state index contributed by atoms with van der Waals surface area (Å²) in [4.78, 5) is 7.92. The maximum atomic E-state index is 5.37. The van der Waals surface area contributed by atoms with Crippen molar-refractivity contribution in [1.82, 2.24) is 9.97 Å². The molecule has 2 aliphatic heterocycles. The molecule has 0 bridgehead atoms. The molecule has 0 amide bonds. The van der Waals surface area contributed by atoms with Gasteiger partial charge in [-0.15, -0.1) is 0 Å². The van der Waals surface area contributed by atoms with Crippen LogP contribution in [0.3, 0.4) is 0 Å². The molecule has 2 aliphatic rings. The average Bonchev–Trinajstić information content (AvgIpc) is 2.88. The zero-order valence-corrected chi connectivity index (χ0v) is 9.92. The van der Waals surface area contributed by atoms with Crippen molar-refractivity contribution in [2.75, 3.05) is 13.2 Å². The second kappa shape index (κ2) is 3.88. The topological polar surface area (TPSA) is 37.9 Å².